The van der Waals surface area contributed by atoms with Crippen LogP contribution in [0.15, 0.2) is 59.5 Å². The summed E-state index contributed by atoms with van der Waals surface area (Å²) in [7, 11) is -2.55. The van der Waals surface area contributed by atoms with Gasteiger partial charge in [-0.05, 0) is 30.2 Å². The Kier molecular flexibility index (Phi) is 6.51. The summed E-state index contributed by atoms with van der Waals surface area (Å²) >= 11 is 0. The molecule has 2 aromatic rings. The number of hydrogen-bond acceptors (Lipinski definition) is 3. The normalized spacial score (nSPS) is 14.4. The average molecular weight is 414 g/mol. The van der Waals surface area contributed by atoms with E-state index in [-0.39, 0.29) is 10.5 Å². The molecule has 0 fully saturated rings. The summed E-state index contributed by atoms with van der Waals surface area (Å²) in [5.41, 5.74) is 0.464. The first-order valence-corrected chi connectivity index (χ1v) is 9.96. The molecule has 9 heteroatoms. The Bertz CT molecular complexity index is 931. The molecule has 0 spiro atoms. The molecule has 2 aromatic carbocycles. The van der Waals surface area contributed by atoms with Crippen LogP contribution in [0.1, 0.15) is 36.4 Å². The third-order valence-corrected chi connectivity index (χ3v) is 5.53. The minimum absolute atomic E-state index is 0.0145. The van der Waals surface area contributed by atoms with Crippen molar-refractivity contribution in [2.75, 3.05) is 7.05 Å². The largest absolute Gasteiger partial charge is 0.396 e. The van der Waals surface area contributed by atoms with Crippen molar-refractivity contribution < 1.29 is 26.4 Å². The maximum Gasteiger partial charge on any atom is 0.396 e. The maximum absolute atomic E-state index is 13.5. The van der Waals surface area contributed by atoms with Crippen LogP contribution in [-0.2, 0) is 14.8 Å². The highest BCUT2D eigenvalue weighted by molar-refractivity contribution is 7.89. The minimum Gasteiger partial charge on any atom is -0.339 e. The second-order valence-corrected chi connectivity index (χ2v) is 8.07. The van der Waals surface area contributed by atoms with Crippen LogP contribution in [0, 0.1) is 0 Å². The molecular formula is C19H21F3N2O3S. The van der Waals surface area contributed by atoms with Crippen molar-refractivity contribution in [3.63, 3.8) is 0 Å². The summed E-state index contributed by atoms with van der Waals surface area (Å²) in [6.07, 6.45) is -5.32. The summed E-state index contributed by atoms with van der Waals surface area (Å²) in [4.78, 5) is 13.6. The number of primary sulfonamides is 1. The van der Waals surface area contributed by atoms with Crippen molar-refractivity contribution >= 4 is 15.9 Å². The van der Waals surface area contributed by atoms with Gasteiger partial charge in [-0.15, -0.1) is 0 Å². The Morgan fingerprint density at radius 3 is 2.18 bits per heavy atom. The molecule has 0 saturated carbocycles. The van der Waals surface area contributed by atoms with Crippen molar-refractivity contribution in [1.82, 2.24) is 4.90 Å². The molecule has 0 radical (unpaired) electrons. The maximum atomic E-state index is 13.5. The number of carbonyl (C=O) groups is 1. The Hall–Kier alpha value is -2.39. The van der Waals surface area contributed by atoms with E-state index in [1.54, 1.807) is 19.1 Å². The molecule has 0 aliphatic heterocycles. The molecule has 2 N–H and O–H groups in total. The van der Waals surface area contributed by atoms with Gasteiger partial charge in [0.25, 0.3) is 0 Å². The first-order valence-electron chi connectivity index (χ1n) is 8.41. The van der Waals surface area contributed by atoms with Crippen molar-refractivity contribution in [2.24, 2.45) is 5.14 Å². The van der Waals surface area contributed by atoms with Crippen LogP contribution in [0.25, 0.3) is 0 Å². The monoisotopic (exact) mass is 414 g/mol. The van der Waals surface area contributed by atoms with Crippen molar-refractivity contribution in [2.45, 2.75) is 36.4 Å². The van der Waals surface area contributed by atoms with Gasteiger partial charge in [-0.1, -0.05) is 42.5 Å². The van der Waals surface area contributed by atoms with Gasteiger partial charge in [0.2, 0.25) is 15.9 Å². The van der Waals surface area contributed by atoms with Crippen molar-refractivity contribution in [3.05, 3.63) is 65.7 Å². The van der Waals surface area contributed by atoms with E-state index in [2.05, 4.69) is 0 Å². The van der Waals surface area contributed by atoms with Gasteiger partial charge in [0.05, 0.1) is 16.9 Å². The molecule has 2 atom stereocenters. The molecule has 2 rings (SSSR count). The summed E-state index contributed by atoms with van der Waals surface area (Å²) in [5.74, 6) is -2.63. The number of benzene rings is 2. The van der Waals surface area contributed by atoms with Gasteiger partial charge in [-0.2, -0.15) is 13.2 Å². The third-order valence-electron chi connectivity index (χ3n) is 4.62. The van der Waals surface area contributed by atoms with Crippen LogP contribution in [0.4, 0.5) is 13.2 Å². The minimum atomic E-state index is -4.57. The number of amides is 1. The van der Waals surface area contributed by atoms with Crippen molar-refractivity contribution in [3.8, 4) is 0 Å². The van der Waals surface area contributed by atoms with Crippen LogP contribution >= 0.6 is 0 Å². The van der Waals surface area contributed by atoms with Crippen molar-refractivity contribution in [1.29, 1.82) is 0 Å². The van der Waals surface area contributed by atoms with E-state index in [0.29, 0.717) is 5.56 Å². The summed E-state index contributed by atoms with van der Waals surface area (Å²) in [5, 5.41) is 5.11. The highest BCUT2D eigenvalue weighted by atomic mass is 32.2. The van der Waals surface area contributed by atoms with E-state index in [9.17, 15) is 26.4 Å². The SMILES string of the molecule is CC(c1cccc(S(N)(=O)=O)c1)N(C)C(=O)CC(c1ccccc1)C(F)(F)F. The molecule has 0 aliphatic rings. The predicted octanol–water partition coefficient (Wildman–Crippen LogP) is 3.59. The zero-order chi connectivity index (χ0) is 21.1. The van der Waals surface area contributed by atoms with E-state index < -0.39 is 40.5 Å². The zero-order valence-electron chi connectivity index (χ0n) is 15.3. The van der Waals surface area contributed by atoms with E-state index in [1.165, 1.54) is 54.4 Å². The van der Waals surface area contributed by atoms with E-state index in [1.807, 2.05) is 0 Å². The number of sulfonamides is 1. The lowest BCUT2D eigenvalue weighted by atomic mass is 9.94. The molecule has 28 heavy (non-hydrogen) atoms. The van der Waals surface area contributed by atoms with Gasteiger partial charge in [-0.25, -0.2) is 13.6 Å². The Morgan fingerprint density at radius 1 is 1.07 bits per heavy atom. The smallest absolute Gasteiger partial charge is 0.339 e. The molecule has 0 bridgehead atoms. The van der Waals surface area contributed by atoms with Gasteiger partial charge >= 0.3 is 6.18 Å². The fourth-order valence-corrected chi connectivity index (χ4v) is 3.39. The number of halogens is 3. The quantitative estimate of drug-likeness (QED) is 0.784. The number of nitrogens with zero attached hydrogens (tertiary/aromatic N) is 1. The number of carbonyl (C=O) groups excluding carboxylic acids is 1. The summed E-state index contributed by atoms with van der Waals surface area (Å²) in [6.45, 7) is 1.60. The Morgan fingerprint density at radius 2 is 1.64 bits per heavy atom. The summed E-state index contributed by atoms with van der Waals surface area (Å²) in [6, 6.07) is 12.3. The van der Waals surface area contributed by atoms with Gasteiger partial charge in [-0.3, -0.25) is 4.79 Å². The zero-order valence-corrected chi connectivity index (χ0v) is 16.2. The molecule has 0 heterocycles. The second-order valence-electron chi connectivity index (χ2n) is 6.51. The first-order chi connectivity index (χ1) is 12.9. The number of hydrogen-bond donors (Lipinski definition) is 1. The van der Waals surface area contributed by atoms with Gasteiger partial charge in [0.1, 0.15) is 0 Å². The van der Waals surface area contributed by atoms with Crippen LogP contribution in [0.2, 0.25) is 0 Å². The molecule has 0 saturated heterocycles. The molecule has 1 amide bonds. The third kappa shape index (κ3) is 5.32. The molecule has 0 aromatic heterocycles. The van der Waals surface area contributed by atoms with Crippen LogP contribution < -0.4 is 5.14 Å². The van der Waals surface area contributed by atoms with Gasteiger partial charge in [0.15, 0.2) is 0 Å². The molecule has 152 valence electrons. The number of alkyl halides is 3. The molecule has 0 aliphatic carbocycles. The number of nitrogens with two attached hydrogens (primary N) is 1. The fourth-order valence-electron chi connectivity index (χ4n) is 2.82. The van der Waals surface area contributed by atoms with Crippen LogP contribution in [-0.4, -0.2) is 32.4 Å². The summed E-state index contributed by atoms with van der Waals surface area (Å²) < 4.78 is 63.5. The topological polar surface area (TPSA) is 80.5 Å². The predicted molar refractivity (Wildman–Crippen MR) is 98.9 cm³/mol. The lowest BCUT2D eigenvalue weighted by Gasteiger charge is -2.28. The van der Waals surface area contributed by atoms with E-state index in [4.69, 9.17) is 5.14 Å². The lowest BCUT2D eigenvalue weighted by Crippen LogP contribution is -2.34. The lowest BCUT2D eigenvalue weighted by molar-refractivity contribution is -0.160. The number of rotatable bonds is 6. The first kappa shape index (κ1) is 21.9. The van der Waals surface area contributed by atoms with Gasteiger partial charge < -0.3 is 4.90 Å². The second kappa shape index (κ2) is 8.32. The standard InChI is InChI=1S/C19H21F3N2O3S/c1-13(15-9-6-10-16(11-15)28(23,26)27)24(2)18(25)12-17(19(20,21)22)14-7-4-3-5-8-14/h3-11,13,17H,12H2,1-2H3,(H2,23,26,27). The highest BCUT2D eigenvalue weighted by Gasteiger charge is 2.42. The average Bonchev–Trinajstić information content (AvgIpc) is 2.64. The van der Waals surface area contributed by atoms with E-state index >= 15 is 0 Å². The Labute approximate surface area is 162 Å². The molecular weight excluding hydrogens is 393 g/mol. The van der Waals surface area contributed by atoms with Gasteiger partial charge in [0, 0.05) is 13.5 Å². The molecule has 2 unspecified atom stereocenters. The van der Waals surface area contributed by atoms with E-state index in [0.717, 1.165) is 0 Å². The van der Waals surface area contributed by atoms with Crippen LogP contribution in [0.5, 0.6) is 0 Å². The molecule has 5 nitrogen and oxygen atoms in total. The Balaban J connectivity index is 2.23. The van der Waals surface area contributed by atoms with Crippen LogP contribution in [0.3, 0.4) is 0 Å². The highest BCUT2D eigenvalue weighted by Crippen LogP contribution is 2.38. The fraction of sp³-hybridized carbons (Fsp3) is 0.316.